The highest BCUT2D eigenvalue weighted by atomic mass is 31.1. The number of nitrogens with zero attached hydrogens (tertiary/aromatic N) is 5. The Morgan fingerprint density at radius 1 is 1.13 bits per heavy atom. The Labute approximate surface area is 185 Å². The van der Waals surface area contributed by atoms with Gasteiger partial charge in [0, 0.05) is 63.9 Å². The van der Waals surface area contributed by atoms with E-state index < -0.39 is 0 Å². The SMILES string of the molecule is CCN1CCN(C(=O)c2cccc(-c3nc(N4CCOPC4)nc4c3CCC4)c2)CC1. The molecular formula is C23H30N5O2P. The van der Waals surface area contributed by atoms with Crippen LogP contribution in [-0.4, -0.2) is 77.8 Å². The summed E-state index contributed by atoms with van der Waals surface area (Å²) in [6, 6.07) is 8.03. The smallest absolute Gasteiger partial charge is 0.253 e. The summed E-state index contributed by atoms with van der Waals surface area (Å²) in [7, 11) is 0.468. The first-order valence-corrected chi connectivity index (χ1v) is 12.5. The zero-order valence-corrected chi connectivity index (χ0v) is 19.1. The third-order valence-corrected chi connectivity index (χ3v) is 7.43. The van der Waals surface area contributed by atoms with Crippen LogP contribution in [0.5, 0.6) is 0 Å². The second-order valence-electron chi connectivity index (χ2n) is 8.37. The van der Waals surface area contributed by atoms with Crippen molar-refractivity contribution in [2.75, 3.05) is 57.1 Å². The Morgan fingerprint density at radius 2 is 2.00 bits per heavy atom. The number of anilines is 1. The van der Waals surface area contributed by atoms with Crippen molar-refractivity contribution in [1.82, 2.24) is 19.8 Å². The lowest BCUT2D eigenvalue weighted by atomic mass is 10.0. The number of benzene rings is 1. The molecule has 5 rings (SSSR count). The van der Waals surface area contributed by atoms with E-state index in [0.29, 0.717) is 8.81 Å². The van der Waals surface area contributed by atoms with Crippen molar-refractivity contribution >= 4 is 20.7 Å². The van der Waals surface area contributed by atoms with Crippen LogP contribution in [0.15, 0.2) is 24.3 Å². The number of rotatable bonds is 4. The van der Waals surface area contributed by atoms with Gasteiger partial charge in [-0.25, -0.2) is 9.97 Å². The van der Waals surface area contributed by atoms with E-state index in [0.717, 1.165) is 94.2 Å². The van der Waals surface area contributed by atoms with Crippen molar-refractivity contribution in [3.8, 4) is 11.3 Å². The van der Waals surface area contributed by atoms with Crippen molar-refractivity contribution in [3.05, 3.63) is 41.1 Å². The number of fused-ring (bicyclic) bond motifs is 1. The van der Waals surface area contributed by atoms with Crippen LogP contribution >= 0.6 is 8.81 Å². The summed E-state index contributed by atoms with van der Waals surface area (Å²) in [4.78, 5) is 29.7. The molecule has 1 atom stereocenters. The highest BCUT2D eigenvalue weighted by Crippen LogP contribution is 2.33. The minimum absolute atomic E-state index is 0.123. The zero-order chi connectivity index (χ0) is 21.2. The van der Waals surface area contributed by atoms with Gasteiger partial charge in [-0.1, -0.05) is 19.1 Å². The van der Waals surface area contributed by atoms with Gasteiger partial charge in [0.05, 0.1) is 18.6 Å². The molecule has 0 spiro atoms. The average Bonchev–Trinajstić information content (AvgIpc) is 3.32. The Kier molecular flexibility index (Phi) is 6.17. The zero-order valence-electron chi connectivity index (χ0n) is 18.1. The molecule has 3 aliphatic rings. The van der Waals surface area contributed by atoms with Crippen LogP contribution in [0.4, 0.5) is 5.95 Å². The van der Waals surface area contributed by atoms with Crippen LogP contribution in [0.1, 0.15) is 35.0 Å². The lowest BCUT2D eigenvalue weighted by molar-refractivity contribution is 0.0643. The van der Waals surface area contributed by atoms with E-state index >= 15 is 0 Å². The lowest BCUT2D eigenvalue weighted by Gasteiger charge is -2.34. The second kappa shape index (κ2) is 9.19. The Hall–Kier alpha value is -2.08. The van der Waals surface area contributed by atoms with Gasteiger partial charge in [0.15, 0.2) is 0 Å². The lowest BCUT2D eigenvalue weighted by Crippen LogP contribution is -2.48. The van der Waals surface area contributed by atoms with Gasteiger partial charge in [-0.15, -0.1) is 0 Å². The highest BCUT2D eigenvalue weighted by Gasteiger charge is 2.25. The molecule has 31 heavy (non-hydrogen) atoms. The molecule has 164 valence electrons. The number of carbonyl (C=O) groups is 1. The molecule has 1 amide bonds. The van der Waals surface area contributed by atoms with Gasteiger partial charge in [0.1, 0.15) is 0 Å². The molecule has 0 N–H and O–H groups in total. The molecule has 3 heterocycles. The van der Waals surface area contributed by atoms with Gasteiger partial charge in [-0.05, 0) is 37.9 Å². The standard InChI is InChI=1S/C23H30N5O2P/c1-2-26-9-11-27(12-10-26)22(29)18-6-3-5-17(15-18)21-19-7-4-8-20(19)24-23(25-21)28-13-14-30-31-16-28/h3,5-6,15,31H,2,4,7-14,16H2,1H3. The fraction of sp³-hybridized carbons (Fsp3) is 0.522. The number of likely N-dealkylation sites (N-methyl/N-ethyl adjacent to an activating group) is 1. The summed E-state index contributed by atoms with van der Waals surface area (Å²) in [6.07, 6.45) is 3.98. The van der Waals surface area contributed by atoms with Crippen molar-refractivity contribution < 1.29 is 9.32 Å². The van der Waals surface area contributed by atoms with Crippen molar-refractivity contribution in [2.45, 2.75) is 26.2 Å². The monoisotopic (exact) mass is 439 g/mol. The topological polar surface area (TPSA) is 61.8 Å². The van der Waals surface area contributed by atoms with E-state index in [1.807, 2.05) is 23.1 Å². The van der Waals surface area contributed by atoms with Crippen molar-refractivity contribution in [2.24, 2.45) is 0 Å². The molecule has 2 saturated heterocycles. The number of aromatic nitrogens is 2. The normalized spacial score (nSPS) is 20.3. The minimum Gasteiger partial charge on any atom is -0.359 e. The number of piperazine rings is 1. The molecule has 8 heteroatoms. The van der Waals surface area contributed by atoms with Gasteiger partial charge in [0.2, 0.25) is 5.95 Å². The van der Waals surface area contributed by atoms with Crippen molar-refractivity contribution in [1.29, 1.82) is 0 Å². The first-order chi connectivity index (χ1) is 15.2. The van der Waals surface area contributed by atoms with E-state index in [1.165, 1.54) is 11.3 Å². The van der Waals surface area contributed by atoms with Crippen LogP contribution < -0.4 is 4.90 Å². The predicted octanol–water partition coefficient (Wildman–Crippen LogP) is 2.80. The summed E-state index contributed by atoms with van der Waals surface area (Å²) in [5, 5.41) is 0. The minimum atomic E-state index is 0.123. The molecule has 2 fully saturated rings. The van der Waals surface area contributed by atoms with Gasteiger partial charge in [-0.3, -0.25) is 4.79 Å². The van der Waals surface area contributed by atoms with Crippen LogP contribution in [0.25, 0.3) is 11.3 Å². The molecule has 1 aromatic heterocycles. The van der Waals surface area contributed by atoms with Gasteiger partial charge < -0.3 is 19.2 Å². The van der Waals surface area contributed by atoms with E-state index in [1.54, 1.807) is 0 Å². The molecule has 1 unspecified atom stereocenters. The predicted molar refractivity (Wildman–Crippen MR) is 124 cm³/mol. The summed E-state index contributed by atoms with van der Waals surface area (Å²) >= 11 is 0. The molecule has 0 radical (unpaired) electrons. The molecule has 0 bridgehead atoms. The average molecular weight is 440 g/mol. The maximum atomic E-state index is 13.2. The Morgan fingerprint density at radius 3 is 2.77 bits per heavy atom. The maximum absolute atomic E-state index is 13.2. The number of carbonyl (C=O) groups excluding carboxylic acids is 1. The molecule has 0 saturated carbocycles. The van der Waals surface area contributed by atoms with Crippen LogP contribution in [0.3, 0.4) is 0 Å². The van der Waals surface area contributed by atoms with E-state index in [2.05, 4.69) is 22.8 Å². The largest absolute Gasteiger partial charge is 0.359 e. The molecule has 2 aromatic rings. The van der Waals surface area contributed by atoms with Gasteiger partial charge >= 0.3 is 0 Å². The maximum Gasteiger partial charge on any atom is 0.253 e. The molecule has 7 nitrogen and oxygen atoms in total. The van der Waals surface area contributed by atoms with E-state index in [-0.39, 0.29) is 5.91 Å². The fourth-order valence-corrected chi connectivity index (χ4v) is 5.43. The first kappa shape index (κ1) is 20.8. The van der Waals surface area contributed by atoms with Gasteiger partial charge in [0.25, 0.3) is 5.91 Å². The van der Waals surface area contributed by atoms with Crippen LogP contribution in [-0.2, 0) is 17.4 Å². The molecule has 1 aliphatic carbocycles. The molecule has 1 aromatic carbocycles. The van der Waals surface area contributed by atoms with Gasteiger partial charge in [-0.2, -0.15) is 0 Å². The molecular weight excluding hydrogens is 409 g/mol. The second-order valence-corrected chi connectivity index (χ2v) is 9.27. The van der Waals surface area contributed by atoms with E-state index in [4.69, 9.17) is 14.5 Å². The number of hydrogen-bond donors (Lipinski definition) is 0. The number of hydrogen-bond acceptors (Lipinski definition) is 6. The van der Waals surface area contributed by atoms with Crippen LogP contribution in [0, 0.1) is 0 Å². The Bertz CT molecular complexity index is 955. The van der Waals surface area contributed by atoms with E-state index in [9.17, 15) is 4.79 Å². The highest BCUT2D eigenvalue weighted by molar-refractivity contribution is 7.32. The third-order valence-electron chi connectivity index (χ3n) is 6.51. The fourth-order valence-electron chi connectivity index (χ4n) is 4.65. The van der Waals surface area contributed by atoms with Crippen molar-refractivity contribution in [3.63, 3.8) is 0 Å². The third kappa shape index (κ3) is 4.32. The quantitative estimate of drug-likeness (QED) is 0.683. The summed E-state index contributed by atoms with van der Waals surface area (Å²) in [6.45, 7) is 8.26. The first-order valence-electron chi connectivity index (χ1n) is 11.3. The summed E-state index contributed by atoms with van der Waals surface area (Å²) in [5.74, 6) is 0.928. The Balaban J connectivity index is 1.44. The molecule has 2 aliphatic heterocycles. The summed E-state index contributed by atoms with van der Waals surface area (Å²) < 4.78 is 5.53. The number of aryl methyl sites for hydroxylation is 1. The number of amides is 1. The summed E-state index contributed by atoms with van der Waals surface area (Å²) in [5.41, 5.74) is 5.19. The van der Waals surface area contributed by atoms with Crippen LogP contribution in [0.2, 0.25) is 0 Å².